The van der Waals surface area contributed by atoms with E-state index < -0.39 is 35.8 Å². The summed E-state index contributed by atoms with van der Waals surface area (Å²) in [4.78, 5) is 30.7. The van der Waals surface area contributed by atoms with Crippen molar-refractivity contribution in [2.24, 2.45) is 5.92 Å². The van der Waals surface area contributed by atoms with Gasteiger partial charge in [-0.1, -0.05) is 6.07 Å². The normalized spacial score (nSPS) is 20.9. The number of nitrogens with one attached hydrogen (secondary N) is 1. The zero-order chi connectivity index (χ0) is 17.9. The molecule has 1 aromatic carbocycles. The zero-order valence-corrected chi connectivity index (χ0v) is 12.4. The predicted molar refractivity (Wildman–Crippen MR) is 77.5 cm³/mol. The minimum Gasteiger partial charge on any atom is -0.326 e. The fraction of sp³-hybridized carbons (Fsp3) is 0.250. The van der Waals surface area contributed by atoms with Crippen molar-refractivity contribution in [1.29, 1.82) is 0 Å². The monoisotopic (exact) mass is 351 g/mol. The second kappa shape index (κ2) is 5.08. The van der Waals surface area contributed by atoms with Crippen LogP contribution in [0.3, 0.4) is 0 Å². The minimum absolute atomic E-state index is 0.119. The number of alkyl halides is 4. The third-order valence-electron chi connectivity index (χ3n) is 4.13. The van der Waals surface area contributed by atoms with Crippen molar-refractivity contribution in [2.45, 2.75) is 18.8 Å². The molecule has 1 heterocycles. The van der Waals surface area contributed by atoms with Crippen LogP contribution >= 0.6 is 0 Å². The van der Waals surface area contributed by atoms with Crippen molar-refractivity contribution in [3.05, 3.63) is 41.5 Å². The van der Waals surface area contributed by atoms with Gasteiger partial charge >= 0.3 is 6.18 Å². The highest BCUT2D eigenvalue weighted by Crippen LogP contribution is 2.39. The maximum atomic E-state index is 12.9. The summed E-state index contributed by atoms with van der Waals surface area (Å²) in [5.41, 5.74) is 0.659. The molecule has 0 unspecified atom stereocenters. The molecule has 0 saturated heterocycles. The average molecular weight is 351 g/mol. The fourth-order valence-electron chi connectivity index (χ4n) is 2.73. The van der Waals surface area contributed by atoms with Gasteiger partial charge in [0.05, 0.1) is 5.92 Å². The van der Waals surface area contributed by atoms with Gasteiger partial charge in [0.15, 0.2) is 0 Å². The van der Waals surface area contributed by atoms with Gasteiger partial charge in [0.1, 0.15) is 11.9 Å². The van der Waals surface area contributed by atoms with E-state index in [-0.39, 0.29) is 28.9 Å². The largest absolute Gasteiger partial charge is 0.451 e. The number of aromatic nitrogens is 2. The highest BCUT2D eigenvalue weighted by Gasteiger charge is 2.44. The molecule has 1 fully saturated rings. The Kier molecular flexibility index (Phi) is 3.18. The van der Waals surface area contributed by atoms with E-state index in [4.69, 9.17) is 0 Å². The van der Waals surface area contributed by atoms with Crippen LogP contribution < -0.4 is 5.32 Å². The zero-order valence-electron chi connectivity index (χ0n) is 12.4. The Morgan fingerprint density at radius 3 is 2.56 bits per heavy atom. The van der Waals surface area contributed by atoms with E-state index in [0.717, 1.165) is 6.20 Å². The summed E-state index contributed by atoms with van der Waals surface area (Å²) in [5, 5.41) is 2.50. The van der Waals surface area contributed by atoms with Crippen LogP contribution in [0.25, 0.3) is 11.1 Å². The molecule has 5 nitrogen and oxygen atoms in total. The molecule has 2 atom stereocenters. The minimum atomic E-state index is -4.75. The van der Waals surface area contributed by atoms with Gasteiger partial charge in [0.25, 0.3) is 0 Å². The second-order valence-corrected chi connectivity index (χ2v) is 5.89. The number of hydrogen-bond acceptors (Lipinski definition) is 4. The molecule has 25 heavy (non-hydrogen) atoms. The first-order chi connectivity index (χ1) is 11.8. The van der Waals surface area contributed by atoms with Crippen LogP contribution in [-0.2, 0) is 11.0 Å². The third-order valence-corrected chi connectivity index (χ3v) is 4.13. The highest BCUT2D eigenvalue weighted by molar-refractivity contribution is 6.21. The SMILES string of the molecule is O=C1c2cc(NC(=O)[C@H]3C[C@H]3F)ccc2-c2cnc(C(F)(F)F)nc21. The lowest BCUT2D eigenvalue weighted by atomic mass is 10.1. The smallest absolute Gasteiger partial charge is 0.326 e. The highest BCUT2D eigenvalue weighted by atomic mass is 19.4. The van der Waals surface area contributed by atoms with E-state index in [0.29, 0.717) is 5.56 Å². The fourth-order valence-corrected chi connectivity index (χ4v) is 2.73. The Hall–Kier alpha value is -2.84. The van der Waals surface area contributed by atoms with Gasteiger partial charge < -0.3 is 5.32 Å². The van der Waals surface area contributed by atoms with Gasteiger partial charge in [0, 0.05) is 23.0 Å². The number of hydrogen-bond donors (Lipinski definition) is 1. The quantitative estimate of drug-likeness (QED) is 0.721. The number of nitrogens with zero attached hydrogens (tertiary/aromatic N) is 2. The van der Waals surface area contributed by atoms with Crippen molar-refractivity contribution in [1.82, 2.24) is 9.97 Å². The summed E-state index contributed by atoms with van der Waals surface area (Å²) in [6.45, 7) is 0. The molecule has 2 aromatic rings. The van der Waals surface area contributed by atoms with Crippen LogP contribution in [0.2, 0.25) is 0 Å². The number of carbonyl (C=O) groups excluding carboxylic acids is 2. The van der Waals surface area contributed by atoms with E-state index in [1.54, 1.807) is 0 Å². The summed E-state index contributed by atoms with van der Waals surface area (Å²) in [7, 11) is 0. The lowest BCUT2D eigenvalue weighted by Crippen LogP contribution is -2.15. The summed E-state index contributed by atoms with van der Waals surface area (Å²) in [5.74, 6) is -3.25. The predicted octanol–water partition coefficient (Wildman–Crippen LogP) is 3.00. The molecule has 2 aliphatic rings. The molecule has 2 aliphatic carbocycles. The Morgan fingerprint density at radius 2 is 1.92 bits per heavy atom. The lowest BCUT2D eigenvalue weighted by molar-refractivity contribution is -0.145. The molecule has 0 radical (unpaired) electrons. The van der Waals surface area contributed by atoms with E-state index >= 15 is 0 Å². The van der Waals surface area contributed by atoms with Gasteiger partial charge in [-0.3, -0.25) is 9.59 Å². The Bertz CT molecular complexity index is 926. The molecule has 0 bridgehead atoms. The van der Waals surface area contributed by atoms with E-state index in [1.165, 1.54) is 18.2 Å². The van der Waals surface area contributed by atoms with Crippen molar-refractivity contribution < 1.29 is 27.2 Å². The van der Waals surface area contributed by atoms with E-state index in [1.807, 2.05) is 0 Å². The third kappa shape index (κ3) is 2.55. The number of benzene rings is 1. The summed E-state index contributed by atoms with van der Waals surface area (Å²) >= 11 is 0. The molecular weight excluding hydrogens is 342 g/mol. The van der Waals surface area contributed by atoms with Gasteiger partial charge in [-0.15, -0.1) is 0 Å². The molecule has 4 rings (SSSR count). The number of halogens is 4. The summed E-state index contributed by atoms with van der Waals surface area (Å²) in [6, 6.07) is 4.33. The molecule has 0 spiro atoms. The molecule has 1 N–H and O–H groups in total. The van der Waals surface area contributed by atoms with Crippen LogP contribution in [0.4, 0.5) is 23.2 Å². The molecule has 128 valence electrons. The molecule has 0 aliphatic heterocycles. The number of fused-ring (bicyclic) bond motifs is 3. The molecule has 9 heteroatoms. The number of anilines is 1. The first-order valence-corrected chi connectivity index (χ1v) is 7.34. The Morgan fingerprint density at radius 1 is 1.20 bits per heavy atom. The molecule has 1 amide bonds. The topological polar surface area (TPSA) is 72.0 Å². The number of rotatable bonds is 2. The maximum Gasteiger partial charge on any atom is 0.451 e. The molecular formula is C16H9F4N3O2. The number of ketones is 1. The number of amides is 1. The van der Waals surface area contributed by atoms with Crippen LogP contribution in [-0.4, -0.2) is 27.8 Å². The van der Waals surface area contributed by atoms with Gasteiger partial charge in [-0.25, -0.2) is 14.4 Å². The van der Waals surface area contributed by atoms with Crippen LogP contribution in [0, 0.1) is 5.92 Å². The molecule has 1 aromatic heterocycles. The van der Waals surface area contributed by atoms with Crippen molar-refractivity contribution in [2.75, 3.05) is 5.32 Å². The molecule has 1 saturated carbocycles. The van der Waals surface area contributed by atoms with Crippen LogP contribution in [0.5, 0.6) is 0 Å². The van der Waals surface area contributed by atoms with Crippen molar-refractivity contribution in [3.8, 4) is 11.1 Å². The van der Waals surface area contributed by atoms with Gasteiger partial charge in [0.2, 0.25) is 17.5 Å². The summed E-state index contributed by atoms with van der Waals surface area (Å²) < 4.78 is 51.1. The van der Waals surface area contributed by atoms with Gasteiger partial charge in [-0.2, -0.15) is 13.2 Å². The standard InChI is InChI=1S/C16H9F4N3O2/c17-11-4-9(11)14(25)22-6-1-2-7-8(3-6)13(24)12-10(7)5-21-15(23-12)16(18,19)20/h1-3,5,9,11H,4H2,(H,22,25)/t9-,11+/m0/s1. The van der Waals surface area contributed by atoms with Crippen molar-refractivity contribution >= 4 is 17.4 Å². The first kappa shape index (κ1) is 15.7. The first-order valence-electron chi connectivity index (χ1n) is 7.34. The maximum absolute atomic E-state index is 12.9. The van der Waals surface area contributed by atoms with Crippen LogP contribution in [0.15, 0.2) is 24.4 Å². The lowest BCUT2D eigenvalue weighted by Gasteiger charge is -2.06. The summed E-state index contributed by atoms with van der Waals surface area (Å²) in [6.07, 6.45) is -4.78. The van der Waals surface area contributed by atoms with Gasteiger partial charge in [-0.05, 0) is 24.1 Å². The Labute approximate surface area is 138 Å². The Balaban J connectivity index is 1.67. The van der Waals surface area contributed by atoms with E-state index in [2.05, 4.69) is 15.3 Å². The van der Waals surface area contributed by atoms with Crippen LogP contribution in [0.1, 0.15) is 28.3 Å². The average Bonchev–Trinajstić information content (AvgIpc) is 3.23. The second-order valence-electron chi connectivity index (χ2n) is 5.89. The van der Waals surface area contributed by atoms with E-state index in [9.17, 15) is 27.2 Å². The number of carbonyl (C=O) groups is 2. The van der Waals surface area contributed by atoms with Crippen molar-refractivity contribution in [3.63, 3.8) is 0 Å².